The number of nitrogens with zero attached hydrogens (tertiary/aromatic N) is 1. The summed E-state index contributed by atoms with van der Waals surface area (Å²) in [6, 6.07) is 3.51. The van der Waals surface area contributed by atoms with E-state index in [4.69, 9.17) is 0 Å². The van der Waals surface area contributed by atoms with Crippen LogP contribution in [0.2, 0.25) is 0 Å². The van der Waals surface area contributed by atoms with E-state index in [1.54, 1.807) is 13.0 Å². The highest BCUT2D eigenvalue weighted by molar-refractivity contribution is 5.92. The zero-order valence-corrected chi connectivity index (χ0v) is 15.7. The Hall–Kier alpha value is -1.55. The summed E-state index contributed by atoms with van der Waals surface area (Å²) in [5, 5.41) is 3.54. The lowest BCUT2D eigenvalue weighted by Crippen LogP contribution is -2.46. The number of halogens is 2. The Morgan fingerprint density at radius 2 is 1.96 bits per heavy atom. The van der Waals surface area contributed by atoms with Gasteiger partial charge in [0.15, 0.2) is 0 Å². The highest BCUT2D eigenvalue weighted by atomic mass is 19.1. The molecular formula is C20H30F2N2. The Morgan fingerprint density at radius 1 is 1.29 bits per heavy atom. The second kappa shape index (κ2) is 9.07. The highest BCUT2D eigenvalue weighted by Crippen LogP contribution is 2.25. The number of hydrogen-bond acceptors (Lipinski definition) is 2. The lowest BCUT2D eigenvalue weighted by Gasteiger charge is -2.32. The molecule has 0 fully saturated rings. The maximum Gasteiger partial charge on any atom is 0.132 e. The molecule has 0 aliphatic carbocycles. The molecule has 1 rings (SSSR count). The van der Waals surface area contributed by atoms with Gasteiger partial charge in [0.05, 0.1) is 11.7 Å². The molecule has 0 aliphatic rings. The molecule has 4 heteroatoms. The van der Waals surface area contributed by atoms with Gasteiger partial charge in [-0.25, -0.2) is 8.78 Å². The third-order valence-electron chi connectivity index (χ3n) is 3.94. The molecular weight excluding hydrogens is 306 g/mol. The number of aliphatic imine (C=N–C) groups is 1. The van der Waals surface area contributed by atoms with E-state index in [1.165, 1.54) is 6.07 Å². The van der Waals surface area contributed by atoms with E-state index in [1.807, 2.05) is 6.92 Å². The van der Waals surface area contributed by atoms with Gasteiger partial charge in [-0.2, -0.15) is 0 Å². The van der Waals surface area contributed by atoms with Gasteiger partial charge >= 0.3 is 0 Å². The molecule has 0 radical (unpaired) electrons. The van der Waals surface area contributed by atoms with E-state index in [9.17, 15) is 8.78 Å². The van der Waals surface area contributed by atoms with Crippen LogP contribution in [0.3, 0.4) is 0 Å². The van der Waals surface area contributed by atoms with Gasteiger partial charge in [-0.05, 0) is 50.4 Å². The van der Waals surface area contributed by atoms with Crippen molar-refractivity contribution in [1.29, 1.82) is 0 Å². The Morgan fingerprint density at radius 3 is 2.50 bits per heavy atom. The van der Waals surface area contributed by atoms with Crippen molar-refractivity contribution in [2.24, 2.45) is 10.4 Å². The maximum absolute atomic E-state index is 14.0. The molecule has 0 heterocycles. The van der Waals surface area contributed by atoms with Gasteiger partial charge in [0.2, 0.25) is 0 Å². The zero-order valence-electron chi connectivity index (χ0n) is 15.7. The van der Waals surface area contributed by atoms with E-state index in [0.29, 0.717) is 5.70 Å². The number of hydrogen-bond donors (Lipinski definition) is 1. The van der Waals surface area contributed by atoms with E-state index in [-0.39, 0.29) is 17.0 Å². The van der Waals surface area contributed by atoms with Crippen LogP contribution in [0.1, 0.15) is 59.9 Å². The van der Waals surface area contributed by atoms with Crippen LogP contribution >= 0.6 is 0 Å². The van der Waals surface area contributed by atoms with Crippen molar-refractivity contribution in [1.82, 2.24) is 5.32 Å². The fraction of sp³-hybridized carbons (Fsp3) is 0.550. The summed E-state index contributed by atoms with van der Waals surface area (Å²) in [5.74, 6) is -0.931. The van der Waals surface area contributed by atoms with Gasteiger partial charge in [-0.3, -0.25) is 4.99 Å². The van der Waals surface area contributed by atoms with Crippen molar-refractivity contribution < 1.29 is 8.78 Å². The zero-order chi connectivity index (χ0) is 18.3. The lowest BCUT2D eigenvalue weighted by atomic mass is 9.84. The molecule has 0 aromatic heterocycles. The summed E-state index contributed by atoms with van der Waals surface area (Å²) in [6.07, 6.45) is 3.93. The van der Waals surface area contributed by atoms with Crippen molar-refractivity contribution in [3.05, 3.63) is 41.5 Å². The van der Waals surface area contributed by atoms with Crippen LogP contribution < -0.4 is 5.32 Å². The second-order valence-corrected chi connectivity index (χ2v) is 7.16. The van der Waals surface area contributed by atoms with Gasteiger partial charge in [-0.1, -0.05) is 40.2 Å². The molecule has 0 spiro atoms. The molecule has 2 nitrogen and oxygen atoms in total. The number of benzene rings is 1. The molecule has 1 aromatic carbocycles. The minimum absolute atomic E-state index is 0.0271. The van der Waals surface area contributed by atoms with Gasteiger partial charge in [0.1, 0.15) is 11.6 Å². The monoisotopic (exact) mass is 336 g/mol. The molecule has 0 unspecified atom stereocenters. The van der Waals surface area contributed by atoms with Crippen LogP contribution in [-0.2, 0) is 0 Å². The smallest absolute Gasteiger partial charge is 0.132 e. The van der Waals surface area contributed by atoms with Crippen molar-refractivity contribution in [2.45, 2.75) is 60.4 Å². The Bertz CT molecular complexity index is 598. The van der Waals surface area contributed by atoms with Gasteiger partial charge in [0.25, 0.3) is 0 Å². The SMILES string of the molecule is C/C=C(\N=C(/C)[C@H](NCCCC)C(C)(C)C)c1cc(F)ccc1F. The number of nitrogens with one attached hydrogen (secondary N) is 1. The average molecular weight is 336 g/mol. The van der Waals surface area contributed by atoms with E-state index >= 15 is 0 Å². The molecule has 0 saturated heterocycles. The first-order chi connectivity index (χ1) is 11.2. The standard InChI is InChI=1S/C20H30F2N2/c1-7-9-12-23-19(20(4,5)6)14(3)24-18(8-2)16-13-15(21)10-11-17(16)22/h8,10-11,13,19,23H,7,9,12H2,1-6H3/b18-8-,24-14+/t19-/m0/s1. The van der Waals surface area contributed by atoms with E-state index in [2.05, 4.69) is 38.0 Å². The lowest BCUT2D eigenvalue weighted by molar-refractivity contribution is 0.328. The molecule has 24 heavy (non-hydrogen) atoms. The Balaban J connectivity index is 3.14. The Labute approximate surface area is 145 Å². The van der Waals surface area contributed by atoms with Gasteiger partial charge < -0.3 is 5.32 Å². The minimum Gasteiger partial charge on any atom is -0.308 e. The van der Waals surface area contributed by atoms with Crippen molar-refractivity contribution in [3.8, 4) is 0 Å². The summed E-state index contributed by atoms with van der Waals surface area (Å²) < 4.78 is 27.5. The summed E-state index contributed by atoms with van der Waals surface area (Å²) in [6.45, 7) is 13.2. The fourth-order valence-corrected chi connectivity index (χ4v) is 2.73. The first kappa shape index (κ1) is 20.5. The van der Waals surface area contributed by atoms with Crippen LogP contribution in [0.4, 0.5) is 8.78 Å². The molecule has 0 amide bonds. The molecule has 0 aliphatic heterocycles. The minimum atomic E-state index is -0.466. The predicted octanol–water partition coefficient (Wildman–Crippen LogP) is 5.59. The van der Waals surface area contributed by atoms with Crippen molar-refractivity contribution in [2.75, 3.05) is 6.54 Å². The van der Waals surface area contributed by atoms with Crippen LogP contribution in [-0.4, -0.2) is 18.3 Å². The van der Waals surface area contributed by atoms with Crippen LogP contribution in [0.5, 0.6) is 0 Å². The largest absolute Gasteiger partial charge is 0.308 e. The fourth-order valence-electron chi connectivity index (χ4n) is 2.73. The van der Waals surface area contributed by atoms with Crippen molar-refractivity contribution >= 4 is 11.4 Å². The quantitative estimate of drug-likeness (QED) is 0.509. The molecule has 1 atom stereocenters. The van der Waals surface area contributed by atoms with E-state index < -0.39 is 11.6 Å². The highest BCUT2D eigenvalue weighted by Gasteiger charge is 2.26. The normalized spacial score (nSPS) is 14.8. The topological polar surface area (TPSA) is 24.4 Å². The number of unbranched alkanes of at least 4 members (excludes halogenated alkanes) is 1. The molecule has 0 bridgehead atoms. The second-order valence-electron chi connectivity index (χ2n) is 7.16. The van der Waals surface area contributed by atoms with Crippen LogP contribution in [0, 0.1) is 17.0 Å². The summed E-state index contributed by atoms with van der Waals surface area (Å²) in [5.41, 5.74) is 1.49. The van der Waals surface area contributed by atoms with Crippen LogP contribution in [0.15, 0.2) is 29.3 Å². The van der Waals surface area contributed by atoms with Gasteiger partial charge in [0, 0.05) is 11.3 Å². The van der Waals surface area contributed by atoms with Crippen LogP contribution in [0.25, 0.3) is 5.70 Å². The first-order valence-corrected chi connectivity index (χ1v) is 8.61. The summed E-state index contributed by atoms with van der Waals surface area (Å²) >= 11 is 0. The summed E-state index contributed by atoms with van der Waals surface area (Å²) in [7, 11) is 0. The number of rotatable bonds is 7. The van der Waals surface area contributed by atoms with Crippen molar-refractivity contribution in [3.63, 3.8) is 0 Å². The Kier molecular flexibility index (Phi) is 7.74. The van der Waals surface area contributed by atoms with E-state index in [0.717, 1.165) is 37.2 Å². The average Bonchev–Trinajstić information content (AvgIpc) is 2.50. The molecule has 0 saturated carbocycles. The molecule has 134 valence electrons. The molecule has 1 aromatic rings. The summed E-state index contributed by atoms with van der Waals surface area (Å²) in [4.78, 5) is 4.62. The first-order valence-electron chi connectivity index (χ1n) is 8.61. The maximum atomic E-state index is 14.0. The molecule has 1 N–H and O–H groups in total. The third kappa shape index (κ3) is 5.82. The predicted molar refractivity (Wildman–Crippen MR) is 99.3 cm³/mol. The number of allylic oxidation sites excluding steroid dienone is 1. The third-order valence-corrected chi connectivity index (χ3v) is 3.94. The van der Waals surface area contributed by atoms with Gasteiger partial charge in [-0.15, -0.1) is 0 Å².